The molecule has 0 unspecified atom stereocenters. The molecule has 0 amide bonds. The van der Waals surface area contributed by atoms with Crippen LogP contribution in [-0.2, 0) is 0 Å². The number of hydrogen-bond acceptors (Lipinski definition) is 1. The third-order valence-corrected chi connectivity index (χ3v) is 3.99. The monoisotopic (exact) mass is 124 g/mol. The maximum Gasteiger partial charge on any atom is 0.0493 e. The molecule has 0 aromatic rings. The van der Waals surface area contributed by atoms with Crippen LogP contribution in [-0.4, -0.2) is 11.7 Å². The molecule has 1 N–H and O–H groups in total. The Morgan fingerprint density at radius 1 is 1.33 bits per heavy atom. The Kier molecular flexibility index (Phi) is 0.563. The topological polar surface area (TPSA) is 20.2 Å². The van der Waals surface area contributed by atoms with E-state index in [2.05, 4.69) is 0 Å². The van der Waals surface area contributed by atoms with E-state index in [1.165, 1.54) is 19.3 Å². The zero-order valence-electron chi connectivity index (χ0n) is 5.51. The van der Waals surface area contributed by atoms with Crippen LogP contribution in [0.2, 0.25) is 0 Å². The Hall–Kier alpha value is -0.0400. The highest BCUT2D eigenvalue weighted by Crippen LogP contribution is 2.78. The van der Waals surface area contributed by atoms with Gasteiger partial charge in [-0.2, -0.15) is 0 Å². The van der Waals surface area contributed by atoms with E-state index < -0.39 is 0 Å². The molecule has 4 aliphatic rings. The maximum atomic E-state index is 9.06. The molecule has 0 aromatic carbocycles. The Morgan fingerprint density at radius 2 is 2.00 bits per heavy atom. The lowest BCUT2D eigenvalue weighted by Gasteiger charge is -2.03. The predicted octanol–water partition coefficient (Wildman–Crippen LogP) is 1.02. The van der Waals surface area contributed by atoms with Crippen molar-refractivity contribution in [3.05, 3.63) is 0 Å². The van der Waals surface area contributed by atoms with Gasteiger partial charge in [-0.25, -0.2) is 0 Å². The van der Waals surface area contributed by atoms with Crippen LogP contribution in [0.25, 0.3) is 0 Å². The lowest BCUT2D eigenvalue weighted by molar-refractivity contribution is 0.203. The molecular weight excluding hydrogens is 112 g/mol. The van der Waals surface area contributed by atoms with E-state index in [1.54, 1.807) is 0 Å². The summed E-state index contributed by atoms with van der Waals surface area (Å²) in [5.74, 6) is 2.95. The molecular formula is C8H12O. The van der Waals surface area contributed by atoms with Crippen molar-refractivity contribution in [2.45, 2.75) is 19.3 Å². The first kappa shape index (κ1) is 4.73. The molecule has 0 aromatic heterocycles. The minimum Gasteiger partial charge on any atom is -0.396 e. The van der Waals surface area contributed by atoms with Crippen LogP contribution in [0.4, 0.5) is 0 Å². The molecule has 0 aliphatic heterocycles. The van der Waals surface area contributed by atoms with Gasteiger partial charge in [0.2, 0.25) is 0 Å². The molecule has 4 aliphatic carbocycles. The SMILES string of the molecule is OCC12CC3C[C@H]1[C@@H]2C3. The standard InChI is InChI=1S/C8H12O/c9-4-8-3-5-1-6(8)7(8)2-5/h5-7,9H,1-4H2/t5?,6-,7-,8?/m0/s1. The Labute approximate surface area is 55.1 Å². The molecule has 4 fully saturated rings. The molecule has 1 nitrogen and oxygen atoms in total. The molecule has 0 radical (unpaired) electrons. The second-order valence-electron chi connectivity index (χ2n) is 4.15. The number of aliphatic hydroxyl groups is 1. The van der Waals surface area contributed by atoms with E-state index in [4.69, 9.17) is 5.11 Å². The quantitative estimate of drug-likeness (QED) is 0.553. The molecule has 4 saturated carbocycles. The van der Waals surface area contributed by atoms with E-state index in [9.17, 15) is 0 Å². The zero-order valence-corrected chi connectivity index (χ0v) is 5.51. The average molecular weight is 124 g/mol. The Morgan fingerprint density at radius 3 is 2.22 bits per heavy atom. The molecule has 0 saturated heterocycles. The van der Waals surface area contributed by atoms with Crippen LogP contribution in [0.1, 0.15) is 19.3 Å². The summed E-state index contributed by atoms with van der Waals surface area (Å²) >= 11 is 0. The average Bonchev–Trinajstić information content (AvgIpc) is 2.44. The fourth-order valence-corrected chi connectivity index (χ4v) is 3.59. The highest BCUT2D eigenvalue weighted by Gasteiger charge is 2.73. The number of hydrogen-bond donors (Lipinski definition) is 1. The summed E-state index contributed by atoms with van der Waals surface area (Å²) in [6.07, 6.45) is 4.26. The van der Waals surface area contributed by atoms with Crippen LogP contribution in [0.5, 0.6) is 0 Å². The normalized spacial score (nSPS) is 67.0. The third kappa shape index (κ3) is 0.315. The van der Waals surface area contributed by atoms with Crippen LogP contribution >= 0.6 is 0 Å². The van der Waals surface area contributed by atoms with Crippen LogP contribution in [0, 0.1) is 23.2 Å². The molecule has 1 heteroatoms. The van der Waals surface area contributed by atoms with Gasteiger partial charge in [0.1, 0.15) is 0 Å². The van der Waals surface area contributed by atoms with Gasteiger partial charge in [-0.3, -0.25) is 0 Å². The lowest BCUT2D eigenvalue weighted by atomic mass is 10.1. The summed E-state index contributed by atoms with van der Waals surface area (Å²) in [6.45, 7) is 0.485. The maximum absolute atomic E-state index is 9.06. The van der Waals surface area contributed by atoms with Gasteiger partial charge < -0.3 is 5.11 Å². The molecule has 2 atom stereocenters. The Balaban J connectivity index is 2.02. The van der Waals surface area contributed by atoms with Crippen LogP contribution in [0.3, 0.4) is 0 Å². The first-order chi connectivity index (χ1) is 4.37. The van der Waals surface area contributed by atoms with Gasteiger partial charge in [0.05, 0.1) is 0 Å². The van der Waals surface area contributed by atoms with Crippen molar-refractivity contribution in [3.8, 4) is 0 Å². The molecule has 9 heavy (non-hydrogen) atoms. The van der Waals surface area contributed by atoms with Gasteiger partial charge in [-0.1, -0.05) is 0 Å². The second kappa shape index (κ2) is 1.07. The van der Waals surface area contributed by atoms with Gasteiger partial charge in [0.25, 0.3) is 0 Å². The minimum atomic E-state index is 0.485. The van der Waals surface area contributed by atoms with Gasteiger partial charge >= 0.3 is 0 Å². The van der Waals surface area contributed by atoms with Gasteiger partial charge in [0, 0.05) is 6.61 Å². The zero-order chi connectivity index (χ0) is 6.06. The van der Waals surface area contributed by atoms with E-state index in [0.717, 1.165) is 17.8 Å². The summed E-state index contributed by atoms with van der Waals surface area (Å²) in [5, 5.41) is 9.06. The van der Waals surface area contributed by atoms with E-state index in [1.807, 2.05) is 0 Å². The van der Waals surface area contributed by atoms with Crippen LogP contribution in [0.15, 0.2) is 0 Å². The molecule has 4 bridgehead atoms. The fourth-order valence-electron chi connectivity index (χ4n) is 3.59. The molecule has 0 spiro atoms. The van der Waals surface area contributed by atoms with Crippen molar-refractivity contribution in [2.24, 2.45) is 23.2 Å². The van der Waals surface area contributed by atoms with Gasteiger partial charge in [-0.05, 0) is 42.4 Å². The van der Waals surface area contributed by atoms with Crippen molar-refractivity contribution in [1.82, 2.24) is 0 Å². The summed E-state index contributed by atoms with van der Waals surface area (Å²) in [6, 6.07) is 0. The summed E-state index contributed by atoms with van der Waals surface area (Å²) < 4.78 is 0. The smallest absolute Gasteiger partial charge is 0.0493 e. The van der Waals surface area contributed by atoms with E-state index >= 15 is 0 Å². The highest BCUT2D eigenvalue weighted by atomic mass is 16.3. The highest BCUT2D eigenvalue weighted by molar-refractivity contribution is 5.21. The lowest BCUT2D eigenvalue weighted by Crippen LogP contribution is -2.04. The van der Waals surface area contributed by atoms with Crippen molar-refractivity contribution in [2.75, 3.05) is 6.61 Å². The number of aliphatic hydroxyl groups excluding tert-OH is 1. The molecule has 50 valence electrons. The molecule has 4 rings (SSSR count). The van der Waals surface area contributed by atoms with E-state index in [-0.39, 0.29) is 0 Å². The van der Waals surface area contributed by atoms with Crippen molar-refractivity contribution < 1.29 is 5.11 Å². The largest absolute Gasteiger partial charge is 0.396 e. The minimum absolute atomic E-state index is 0.485. The van der Waals surface area contributed by atoms with Crippen molar-refractivity contribution in [3.63, 3.8) is 0 Å². The van der Waals surface area contributed by atoms with Gasteiger partial charge in [-0.15, -0.1) is 0 Å². The summed E-state index contributed by atoms with van der Waals surface area (Å²) in [7, 11) is 0. The predicted molar refractivity (Wildman–Crippen MR) is 33.8 cm³/mol. The molecule has 0 heterocycles. The van der Waals surface area contributed by atoms with Gasteiger partial charge in [0.15, 0.2) is 0 Å². The first-order valence-corrected chi connectivity index (χ1v) is 3.98. The summed E-state index contributed by atoms with van der Waals surface area (Å²) in [4.78, 5) is 0. The second-order valence-corrected chi connectivity index (χ2v) is 4.15. The van der Waals surface area contributed by atoms with Crippen molar-refractivity contribution in [1.29, 1.82) is 0 Å². The number of rotatable bonds is 1. The van der Waals surface area contributed by atoms with Crippen LogP contribution < -0.4 is 0 Å². The van der Waals surface area contributed by atoms with Crippen molar-refractivity contribution >= 4 is 0 Å². The summed E-state index contributed by atoms with van der Waals surface area (Å²) in [5.41, 5.74) is 0.491. The Bertz CT molecular complexity index is 152. The van der Waals surface area contributed by atoms with E-state index in [0.29, 0.717) is 12.0 Å². The fraction of sp³-hybridized carbons (Fsp3) is 1.00. The third-order valence-electron chi connectivity index (χ3n) is 3.99. The first-order valence-electron chi connectivity index (χ1n) is 3.98.